The van der Waals surface area contributed by atoms with Crippen molar-refractivity contribution in [3.8, 4) is 6.07 Å². The largest absolute Gasteiger partial charge is 0.302 e. The van der Waals surface area contributed by atoms with Gasteiger partial charge in [-0.15, -0.1) is 0 Å². The summed E-state index contributed by atoms with van der Waals surface area (Å²) in [6.07, 6.45) is 1.74. The molecule has 0 aliphatic rings. The molecule has 0 aliphatic heterocycles. The molecule has 0 atom stereocenters. The molecular weight excluding hydrogens is 214 g/mol. The number of hydrogen-bond donors (Lipinski definition) is 0. The van der Waals surface area contributed by atoms with E-state index in [0.29, 0.717) is 5.56 Å². The molecule has 17 heavy (non-hydrogen) atoms. The lowest BCUT2D eigenvalue weighted by molar-refractivity contribution is 0.864. The lowest BCUT2D eigenvalue weighted by atomic mass is 10.2. The zero-order valence-electron chi connectivity index (χ0n) is 9.21. The highest BCUT2D eigenvalue weighted by atomic mass is 16.1. The van der Waals surface area contributed by atoms with Crippen LogP contribution in [0, 0.1) is 11.3 Å². The molecule has 0 amide bonds. The topological polar surface area (TPSA) is 50.2 Å². The fraction of sp³-hybridized carbons (Fsp3) is 0.0769. The Bertz CT molecular complexity index is 833. The van der Waals surface area contributed by atoms with Crippen LogP contribution in [0.2, 0.25) is 0 Å². The first-order chi connectivity index (χ1) is 8.20. The molecule has 0 aliphatic carbocycles. The molecule has 0 N–H and O–H groups in total. The van der Waals surface area contributed by atoms with Crippen molar-refractivity contribution in [3.05, 3.63) is 52.4 Å². The van der Waals surface area contributed by atoms with Crippen LogP contribution in [0.25, 0.3) is 16.6 Å². The fourth-order valence-electron chi connectivity index (χ4n) is 2.05. The van der Waals surface area contributed by atoms with Gasteiger partial charge >= 0.3 is 0 Å². The SMILES string of the molecule is Cn1c(=O)ccn2c3cc(C#N)ccc3cc12. The third kappa shape index (κ3) is 1.26. The lowest BCUT2D eigenvalue weighted by Crippen LogP contribution is -2.16. The van der Waals surface area contributed by atoms with Crippen LogP contribution < -0.4 is 5.56 Å². The van der Waals surface area contributed by atoms with Crippen molar-refractivity contribution >= 4 is 16.6 Å². The Labute approximate surface area is 96.9 Å². The standard InChI is InChI=1S/C13H9N3O/c1-15-12-7-10-3-2-9(8-14)6-11(10)16(12)5-4-13(15)17/h2-7H,1H3. The zero-order chi connectivity index (χ0) is 12.0. The number of fused-ring (bicyclic) bond motifs is 3. The Morgan fingerprint density at radius 3 is 2.82 bits per heavy atom. The summed E-state index contributed by atoms with van der Waals surface area (Å²) < 4.78 is 3.50. The van der Waals surface area contributed by atoms with E-state index < -0.39 is 0 Å². The lowest BCUT2D eigenvalue weighted by Gasteiger charge is -2.01. The van der Waals surface area contributed by atoms with E-state index in [1.165, 1.54) is 6.07 Å². The van der Waals surface area contributed by atoms with Crippen LogP contribution in [0.3, 0.4) is 0 Å². The maximum absolute atomic E-state index is 11.5. The molecule has 0 saturated carbocycles. The third-order valence-corrected chi connectivity index (χ3v) is 2.99. The molecule has 82 valence electrons. The molecule has 3 rings (SSSR count). The van der Waals surface area contributed by atoms with Crippen molar-refractivity contribution in [2.75, 3.05) is 0 Å². The first-order valence-corrected chi connectivity index (χ1v) is 5.21. The molecule has 0 unspecified atom stereocenters. The summed E-state index contributed by atoms with van der Waals surface area (Å²) in [6, 6.07) is 11.1. The van der Waals surface area contributed by atoms with E-state index in [2.05, 4.69) is 6.07 Å². The van der Waals surface area contributed by atoms with Gasteiger partial charge in [-0.05, 0) is 18.2 Å². The molecule has 0 fully saturated rings. The minimum absolute atomic E-state index is 0.0409. The van der Waals surface area contributed by atoms with Crippen LogP contribution in [-0.2, 0) is 7.05 Å². The second-order valence-electron chi connectivity index (χ2n) is 3.97. The zero-order valence-corrected chi connectivity index (χ0v) is 9.21. The van der Waals surface area contributed by atoms with Gasteiger partial charge in [0, 0.05) is 24.7 Å². The number of rotatable bonds is 0. The van der Waals surface area contributed by atoms with E-state index in [0.717, 1.165) is 16.6 Å². The van der Waals surface area contributed by atoms with Crippen molar-refractivity contribution < 1.29 is 0 Å². The molecule has 2 aromatic heterocycles. The molecule has 0 radical (unpaired) electrons. The molecule has 0 spiro atoms. The summed E-state index contributed by atoms with van der Waals surface area (Å²) in [5.41, 5.74) is 2.34. The van der Waals surface area contributed by atoms with Gasteiger partial charge in [0.25, 0.3) is 5.56 Å². The van der Waals surface area contributed by atoms with Crippen LogP contribution in [0.4, 0.5) is 0 Å². The summed E-state index contributed by atoms with van der Waals surface area (Å²) >= 11 is 0. The maximum Gasteiger partial charge on any atom is 0.253 e. The fourth-order valence-corrected chi connectivity index (χ4v) is 2.05. The molecular formula is C13H9N3O. The summed E-state index contributed by atoms with van der Waals surface area (Å²) in [4.78, 5) is 11.5. The molecule has 2 heterocycles. The maximum atomic E-state index is 11.5. The number of nitrogens with zero attached hydrogens (tertiary/aromatic N) is 3. The number of aromatic nitrogens is 2. The van der Waals surface area contributed by atoms with Gasteiger partial charge < -0.3 is 4.40 Å². The second-order valence-corrected chi connectivity index (χ2v) is 3.97. The smallest absolute Gasteiger partial charge is 0.253 e. The quantitative estimate of drug-likeness (QED) is 0.582. The van der Waals surface area contributed by atoms with Gasteiger partial charge in [0.15, 0.2) is 0 Å². The highest BCUT2D eigenvalue weighted by Crippen LogP contribution is 2.20. The average molecular weight is 223 g/mol. The van der Waals surface area contributed by atoms with Crippen LogP contribution in [0.1, 0.15) is 5.56 Å². The average Bonchev–Trinajstić information content (AvgIpc) is 2.72. The Balaban J connectivity index is 2.56. The van der Waals surface area contributed by atoms with Gasteiger partial charge in [0.2, 0.25) is 0 Å². The summed E-state index contributed by atoms with van der Waals surface area (Å²) in [6.45, 7) is 0. The predicted molar refractivity (Wildman–Crippen MR) is 64.9 cm³/mol. The number of nitriles is 1. The van der Waals surface area contributed by atoms with E-state index in [1.807, 2.05) is 22.6 Å². The monoisotopic (exact) mass is 223 g/mol. The van der Waals surface area contributed by atoms with Crippen molar-refractivity contribution in [1.29, 1.82) is 5.26 Å². The van der Waals surface area contributed by atoms with Crippen molar-refractivity contribution in [2.24, 2.45) is 7.05 Å². The van der Waals surface area contributed by atoms with E-state index in [-0.39, 0.29) is 5.56 Å². The van der Waals surface area contributed by atoms with Gasteiger partial charge in [-0.2, -0.15) is 5.26 Å². The predicted octanol–water partition coefficient (Wildman–Crippen LogP) is 1.66. The van der Waals surface area contributed by atoms with Crippen LogP contribution >= 0.6 is 0 Å². The van der Waals surface area contributed by atoms with E-state index in [9.17, 15) is 4.79 Å². The van der Waals surface area contributed by atoms with Gasteiger partial charge in [-0.3, -0.25) is 9.36 Å². The van der Waals surface area contributed by atoms with Gasteiger partial charge in [-0.1, -0.05) is 6.07 Å². The molecule has 0 bridgehead atoms. The Morgan fingerprint density at radius 1 is 1.24 bits per heavy atom. The van der Waals surface area contributed by atoms with Crippen molar-refractivity contribution in [1.82, 2.24) is 8.97 Å². The Morgan fingerprint density at radius 2 is 2.06 bits per heavy atom. The number of aryl methyl sites for hydroxylation is 1. The first kappa shape index (κ1) is 9.67. The Kier molecular flexibility index (Phi) is 1.83. The first-order valence-electron chi connectivity index (χ1n) is 5.21. The highest BCUT2D eigenvalue weighted by molar-refractivity contribution is 5.87. The molecule has 4 heteroatoms. The third-order valence-electron chi connectivity index (χ3n) is 2.99. The van der Waals surface area contributed by atoms with Gasteiger partial charge in [0.1, 0.15) is 5.65 Å². The summed E-state index contributed by atoms with van der Waals surface area (Å²) in [7, 11) is 1.74. The van der Waals surface area contributed by atoms with E-state index in [1.54, 1.807) is 23.9 Å². The minimum atomic E-state index is -0.0409. The molecule has 3 aromatic rings. The highest BCUT2D eigenvalue weighted by Gasteiger charge is 2.06. The minimum Gasteiger partial charge on any atom is -0.302 e. The van der Waals surface area contributed by atoms with E-state index in [4.69, 9.17) is 5.26 Å². The Hall–Kier alpha value is -2.54. The van der Waals surface area contributed by atoms with Crippen LogP contribution in [0.5, 0.6) is 0 Å². The van der Waals surface area contributed by atoms with Crippen LogP contribution in [-0.4, -0.2) is 8.97 Å². The number of benzene rings is 1. The molecule has 1 aromatic carbocycles. The van der Waals surface area contributed by atoms with Crippen molar-refractivity contribution in [2.45, 2.75) is 0 Å². The molecule has 4 nitrogen and oxygen atoms in total. The summed E-state index contributed by atoms with van der Waals surface area (Å²) in [5, 5.41) is 9.91. The second kappa shape index (κ2) is 3.22. The van der Waals surface area contributed by atoms with Gasteiger partial charge in [0.05, 0.1) is 17.1 Å². The van der Waals surface area contributed by atoms with Gasteiger partial charge in [-0.25, -0.2) is 0 Å². The summed E-state index contributed by atoms with van der Waals surface area (Å²) in [5.74, 6) is 0. The van der Waals surface area contributed by atoms with Crippen LogP contribution in [0.15, 0.2) is 41.3 Å². The normalized spacial score (nSPS) is 10.8. The number of hydrogen-bond acceptors (Lipinski definition) is 2. The van der Waals surface area contributed by atoms with E-state index >= 15 is 0 Å². The van der Waals surface area contributed by atoms with Crippen molar-refractivity contribution in [3.63, 3.8) is 0 Å². The molecule has 0 saturated heterocycles.